The van der Waals surface area contributed by atoms with Gasteiger partial charge in [-0.3, -0.25) is 0 Å². The Bertz CT molecular complexity index is 463. The lowest BCUT2D eigenvalue weighted by molar-refractivity contribution is 0.239. The molecule has 0 spiro atoms. The monoisotopic (exact) mass is 280 g/mol. The van der Waals surface area contributed by atoms with E-state index >= 15 is 0 Å². The minimum absolute atomic E-state index is 0.0688. The predicted molar refractivity (Wildman–Crippen MR) is 75.2 cm³/mol. The number of nitrogens with zero attached hydrogens (tertiary/aromatic N) is 1. The highest BCUT2D eigenvalue weighted by Gasteiger charge is 2.53. The van der Waals surface area contributed by atoms with Crippen molar-refractivity contribution in [3.63, 3.8) is 0 Å². The molecule has 0 aromatic carbocycles. The van der Waals surface area contributed by atoms with Crippen LogP contribution in [-0.4, -0.2) is 30.1 Å². The standard InChI is InChI=1S/C13H20N4OS/c1-7(2)10-6-19-11(16-10)5-15-13(18)17-12-8-3-14-4-9(8)12/h6-9,12,14H,3-5H2,1-2H3,(H2,15,17,18)/t8-,9+,12?. The number of amides is 2. The maximum absolute atomic E-state index is 11.8. The average Bonchev–Trinajstić information content (AvgIpc) is 2.82. The number of thiazole rings is 1. The van der Waals surface area contributed by atoms with Crippen LogP contribution < -0.4 is 16.0 Å². The first-order valence-corrected chi connectivity index (χ1v) is 7.72. The third-order valence-electron chi connectivity index (χ3n) is 3.95. The van der Waals surface area contributed by atoms with E-state index in [9.17, 15) is 4.79 Å². The van der Waals surface area contributed by atoms with E-state index in [1.54, 1.807) is 11.3 Å². The third kappa shape index (κ3) is 2.74. The fourth-order valence-electron chi connectivity index (χ4n) is 2.66. The van der Waals surface area contributed by atoms with E-state index in [0.717, 1.165) is 23.8 Å². The van der Waals surface area contributed by atoms with Crippen molar-refractivity contribution in [2.75, 3.05) is 13.1 Å². The van der Waals surface area contributed by atoms with E-state index in [1.807, 2.05) is 0 Å². The lowest BCUT2D eigenvalue weighted by Gasteiger charge is -2.08. The van der Waals surface area contributed by atoms with Gasteiger partial charge in [-0.05, 0) is 17.8 Å². The van der Waals surface area contributed by atoms with Crippen molar-refractivity contribution in [1.82, 2.24) is 20.9 Å². The zero-order chi connectivity index (χ0) is 13.4. The van der Waals surface area contributed by atoms with Gasteiger partial charge in [-0.2, -0.15) is 0 Å². The van der Waals surface area contributed by atoms with E-state index in [-0.39, 0.29) is 6.03 Å². The number of fused-ring (bicyclic) bond motifs is 1. The molecule has 1 aromatic heterocycles. The van der Waals surface area contributed by atoms with Crippen LogP contribution in [0.1, 0.15) is 30.5 Å². The van der Waals surface area contributed by atoms with Crippen molar-refractivity contribution < 1.29 is 4.79 Å². The zero-order valence-corrected chi connectivity index (χ0v) is 12.1. The van der Waals surface area contributed by atoms with Crippen molar-refractivity contribution in [2.24, 2.45) is 11.8 Å². The van der Waals surface area contributed by atoms with Crippen LogP contribution in [0.2, 0.25) is 0 Å². The first-order valence-electron chi connectivity index (χ1n) is 6.84. The molecule has 0 bridgehead atoms. The van der Waals surface area contributed by atoms with Crippen molar-refractivity contribution in [2.45, 2.75) is 32.4 Å². The smallest absolute Gasteiger partial charge is 0.315 e. The molecule has 0 radical (unpaired) electrons. The summed E-state index contributed by atoms with van der Waals surface area (Å²) in [6.07, 6.45) is 0. The van der Waals surface area contributed by atoms with E-state index in [0.29, 0.717) is 30.3 Å². The normalized spacial score (nSPS) is 28.3. The second kappa shape index (κ2) is 5.09. The van der Waals surface area contributed by atoms with Gasteiger partial charge < -0.3 is 16.0 Å². The topological polar surface area (TPSA) is 66.1 Å². The minimum Gasteiger partial charge on any atom is -0.335 e. The van der Waals surface area contributed by atoms with Gasteiger partial charge in [0.05, 0.1) is 12.2 Å². The number of piperidine rings is 1. The Kier molecular flexibility index (Phi) is 3.45. The average molecular weight is 280 g/mol. The zero-order valence-electron chi connectivity index (χ0n) is 11.3. The number of rotatable bonds is 4. The molecule has 19 heavy (non-hydrogen) atoms. The third-order valence-corrected chi connectivity index (χ3v) is 4.82. The summed E-state index contributed by atoms with van der Waals surface area (Å²) in [5, 5.41) is 12.3. The highest BCUT2D eigenvalue weighted by molar-refractivity contribution is 7.09. The Hall–Kier alpha value is -1.14. The van der Waals surface area contributed by atoms with Crippen LogP contribution in [0, 0.1) is 11.8 Å². The molecule has 1 unspecified atom stereocenters. The predicted octanol–water partition coefficient (Wildman–Crippen LogP) is 1.28. The number of carbonyl (C=O) groups is 1. The first kappa shape index (κ1) is 12.9. The van der Waals surface area contributed by atoms with Crippen LogP contribution in [0.15, 0.2) is 5.38 Å². The van der Waals surface area contributed by atoms with Crippen LogP contribution in [-0.2, 0) is 6.54 Å². The Morgan fingerprint density at radius 3 is 2.89 bits per heavy atom. The van der Waals surface area contributed by atoms with Gasteiger partial charge in [0.25, 0.3) is 0 Å². The first-order chi connectivity index (χ1) is 9.15. The number of hydrogen-bond acceptors (Lipinski definition) is 4. The molecule has 3 rings (SSSR count). The van der Waals surface area contributed by atoms with Crippen LogP contribution in [0.25, 0.3) is 0 Å². The summed E-state index contributed by atoms with van der Waals surface area (Å²) in [7, 11) is 0. The van der Waals surface area contributed by atoms with Gasteiger partial charge in [0.15, 0.2) is 0 Å². The van der Waals surface area contributed by atoms with Gasteiger partial charge in [-0.25, -0.2) is 9.78 Å². The van der Waals surface area contributed by atoms with Crippen molar-refractivity contribution in [3.05, 3.63) is 16.1 Å². The molecule has 5 nitrogen and oxygen atoms in total. The maximum atomic E-state index is 11.8. The van der Waals surface area contributed by atoms with E-state index in [2.05, 4.69) is 40.2 Å². The van der Waals surface area contributed by atoms with Gasteiger partial charge in [-0.15, -0.1) is 11.3 Å². The highest BCUT2D eigenvalue weighted by Crippen LogP contribution is 2.41. The Morgan fingerprint density at radius 2 is 2.26 bits per heavy atom. The van der Waals surface area contributed by atoms with E-state index < -0.39 is 0 Å². The number of hydrogen-bond donors (Lipinski definition) is 3. The van der Waals surface area contributed by atoms with Crippen LogP contribution in [0.3, 0.4) is 0 Å². The molecule has 2 amide bonds. The molecule has 1 aromatic rings. The summed E-state index contributed by atoms with van der Waals surface area (Å²) < 4.78 is 0. The van der Waals surface area contributed by atoms with Crippen LogP contribution >= 0.6 is 11.3 Å². The summed E-state index contributed by atoms with van der Waals surface area (Å²) in [6.45, 7) is 6.85. The fraction of sp³-hybridized carbons (Fsp3) is 0.692. The Morgan fingerprint density at radius 1 is 1.53 bits per heavy atom. The van der Waals surface area contributed by atoms with Crippen LogP contribution in [0.4, 0.5) is 4.79 Å². The van der Waals surface area contributed by atoms with Crippen molar-refractivity contribution >= 4 is 17.4 Å². The lowest BCUT2D eigenvalue weighted by atomic mass is 10.2. The Labute approximate surface area is 117 Å². The molecule has 6 heteroatoms. The molecule has 2 heterocycles. The molecular formula is C13H20N4OS. The highest BCUT2D eigenvalue weighted by atomic mass is 32.1. The largest absolute Gasteiger partial charge is 0.335 e. The fourth-order valence-corrected chi connectivity index (χ4v) is 3.56. The summed E-state index contributed by atoms with van der Waals surface area (Å²) in [4.78, 5) is 16.3. The molecule has 1 aliphatic carbocycles. The van der Waals surface area contributed by atoms with Gasteiger partial charge >= 0.3 is 6.03 Å². The summed E-state index contributed by atoms with van der Waals surface area (Å²) in [5.74, 6) is 1.74. The SMILES string of the molecule is CC(C)c1csc(CNC(=O)NC2[C@H]3CNC[C@@H]23)n1. The Balaban J connectivity index is 1.42. The van der Waals surface area contributed by atoms with E-state index in [4.69, 9.17) is 0 Å². The minimum atomic E-state index is -0.0688. The second-order valence-electron chi connectivity index (χ2n) is 5.66. The van der Waals surface area contributed by atoms with E-state index in [1.165, 1.54) is 0 Å². The summed E-state index contributed by atoms with van der Waals surface area (Å²) in [6, 6.07) is 0.310. The second-order valence-corrected chi connectivity index (χ2v) is 6.60. The summed E-state index contributed by atoms with van der Waals surface area (Å²) >= 11 is 1.61. The van der Waals surface area contributed by atoms with Crippen molar-refractivity contribution in [3.8, 4) is 0 Å². The molecule has 104 valence electrons. The molecule has 2 aliphatic rings. The van der Waals surface area contributed by atoms with Gasteiger partial charge in [0.2, 0.25) is 0 Å². The number of nitrogens with one attached hydrogen (secondary N) is 3. The molecule has 1 saturated heterocycles. The number of urea groups is 1. The molecule has 1 aliphatic heterocycles. The summed E-state index contributed by atoms with van der Waals surface area (Å²) in [5.41, 5.74) is 1.10. The molecule has 3 N–H and O–H groups in total. The molecule has 2 fully saturated rings. The van der Waals surface area contributed by atoms with Gasteiger partial charge in [-0.1, -0.05) is 13.8 Å². The van der Waals surface area contributed by atoms with Gasteiger partial charge in [0.1, 0.15) is 5.01 Å². The maximum Gasteiger partial charge on any atom is 0.315 e. The molecule has 3 atom stereocenters. The van der Waals surface area contributed by atoms with Gasteiger partial charge in [0, 0.05) is 24.5 Å². The number of aromatic nitrogens is 1. The molecular weight excluding hydrogens is 260 g/mol. The quantitative estimate of drug-likeness (QED) is 0.778. The molecule has 1 saturated carbocycles. The number of carbonyl (C=O) groups excluding carboxylic acids is 1. The van der Waals surface area contributed by atoms with Crippen LogP contribution in [0.5, 0.6) is 0 Å². The lowest BCUT2D eigenvalue weighted by Crippen LogP contribution is -2.39. The van der Waals surface area contributed by atoms with Crippen molar-refractivity contribution in [1.29, 1.82) is 0 Å².